The molecule has 0 aromatic carbocycles. The molecule has 1 aromatic heterocycles. The highest BCUT2D eigenvalue weighted by atomic mass is 32.2. The van der Waals surface area contributed by atoms with Gasteiger partial charge in [0.15, 0.2) is 5.03 Å². The molecule has 0 unspecified atom stereocenters. The molecule has 0 bridgehead atoms. The van der Waals surface area contributed by atoms with Gasteiger partial charge in [-0.3, -0.25) is 0 Å². The van der Waals surface area contributed by atoms with Crippen LogP contribution in [0.4, 0.5) is 0 Å². The number of sulfonamides is 1. The van der Waals surface area contributed by atoms with Gasteiger partial charge in [-0.1, -0.05) is 0 Å². The van der Waals surface area contributed by atoms with Crippen molar-refractivity contribution < 1.29 is 13.2 Å². The average molecular weight is 274 g/mol. The second-order valence-corrected chi connectivity index (χ2v) is 6.36. The van der Waals surface area contributed by atoms with E-state index >= 15 is 0 Å². The number of hydrogen-bond acceptors (Lipinski definition) is 5. The van der Waals surface area contributed by atoms with E-state index in [4.69, 9.17) is 4.74 Å². The lowest BCUT2D eigenvalue weighted by Crippen LogP contribution is -2.50. The number of rotatable bonds is 4. The maximum Gasteiger partial charge on any atom is 0.260 e. The van der Waals surface area contributed by atoms with Gasteiger partial charge in [0.25, 0.3) is 10.0 Å². The van der Waals surface area contributed by atoms with E-state index in [-0.39, 0.29) is 10.3 Å². The van der Waals surface area contributed by atoms with Crippen molar-refractivity contribution in [3.63, 3.8) is 0 Å². The monoisotopic (exact) mass is 274 g/mol. The van der Waals surface area contributed by atoms with Gasteiger partial charge in [0.05, 0.1) is 12.8 Å². The van der Waals surface area contributed by atoms with Crippen molar-refractivity contribution >= 4 is 22.7 Å². The average Bonchev–Trinajstić information content (AvgIpc) is 2.26. The van der Waals surface area contributed by atoms with Crippen molar-refractivity contribution in [2.45, 2.75) is 17.2 Å². The second-order valence-electron chi connectivity index (χ2n) is 3.74. The molecule has 0 N–H and O–H groups in total. The lowest BCUT2D eigenvalue weighted by atomic mass is 10.3. The van der Waals surface area contributed by atoms with Crippen LogP contribution in [0.2, 0.25) is 0 Å². The van der Waals surface area contributed by atoms with Gasteiger partial charge in [0, 0.05) is 18.3 Å². The first-order chi connectivity index (χ1) is 8.04. The minimum absolute atomic E-state index is 0.0567. The van der Waals surface area contributed by atoms with E-state index in [1.54, 1.807) is 6.07 Å². The molecule has 0 aliphatic carbocycles. The highest BCUT2D eigenvalue weighted by Crippen LogP contribution is 2.23. The zero-order chi connectivity index (χ0) is 12.5. The molecular weight excluding hydrogens is 260 g/mol. The Morgan fingerprint density at radius 2 is 2.24 bits per heavy atom. The molecule has 0 spiro atoms. The van der Waals surface area contributed by atoms with Gasteiger partial charge in [-0.05, 0) is 19.1 Å². The van der Waals surface area contributed by atoms with Crippen LogP contribution in [0, 0.1) is 0 Å². The summed E-state index contributed by atoms with van der Waals surface area (Å²) in [7, 11) is -3.45. The summed E-state index contributed by atoms with van der Waals surface area (Å²) < 4.78 is 30.6. The first-order valence-corrected chi connectivity index (χ1v) is 7.26. The van der Waals surface area contributed by atoms with Crippen LogP contribution in [0.1, 0.15) is 6.92 Å². The fraction of sp³-hybridized carbons (Fsp3) is 0.500. The summed E-state index contributed by atoms with van der Waals surface area (Å²) in [6.45, 7) is 3.28. The van der Waals surface area contributed by atoms with E-state index in [1.165, 1.54) is 16.6 Å². The third kappa shape index (κ3) is 2.56. The Hall–Kier alpha value is -0.790. The SMILES string of the molecule is CCOc1ccc(S(=O)(=O)N2CC(S)C2)nc1. The maximum absolute atomic E-state index is 12.0. The molecule has 0 saturated carbocycles. The Morgan fingerprint density at radius 1 is 1.53 bits per heavy atom. The number of hydrogen-bond donors (Lipinski definition) is 1. The predicted molar refractivity (Wildman–Crippen MR) is 66.9 cm³/mol. The lowest BCUT2D eigenvalue weighted by molar-refractivity contribution is 0.319. The molecule has 1 fully saturated rings. The summed E-state index contributed by atoms with van der Waals surface area (Å²) in [4.78, 5) is 3.92. The lowest BCUT2D eigenvalue weighted by Gasteiger charge is -2.34. The molecule has 1 aliphatic heterocycles. The number of aromatic nitrogens is 1. The summed E-state index contributed by atoms with van der Waals surface area (Å²) in [6, 6.07) is 3.08. The van der Waals surface area contributed by atoms with Crippen molar-refractivity contribution in [2.24, 2.45) is 0 Å². The van der Waals surface area contributed by atoms with Crippen LogP contribution in [0.15, 0.2) is 23.4 Å². The Kier molecular flexibility index (Phi) is 3.60. The minimum atomic E-state index is -3.45. The van der Waals surface area contributed by atoms with Gasteiger partial charge in [0.1, 0.15) is 5.75 Å². The van der Waals surface area contributed by atoms with Crippen LogP contribution in [0.25, 0.3) is 0 Å². The van der Waals surface area contributed by atoms with E-state index in [1.807, 2.05) is 6.92 Å². The topological polar surface area (TPSA) is 59.5 Å². The highest BCUT2D eigenvalue weighted by Gasteiger charge is 2.35. The van der Waals surface area contributed by atoms with Crippen molar-refractivity contribution in [1.82, 2.24) is 9.29 Å². The third-order valence-electron chi connectivity index (χ3n) is 2.45. The van der Waals surface area contributed by atoms with Gasteiger partial charge in [-0.2, -0.15) is 16.9 Å². The molecule has 7 heteroatoms. The van der Waals surface area contributed by atoms with Gasteiger partial charge < -0.3 is 4.74 Å². The van der Waals surface area contributed by atoms with Crippen LogP contribution < -0.4 is 4.74 Å². The van der Waals surface area contributed by atoms with Crippen LogP contribution >= 0.6 is 12.6 Å². The molecule has 1 aromatic rings. The molecule has 17 heavy (non-hydrogen) atoms. The predicted octanol–water partition coefficient (Wildman–Crippen LogP) is 0.783. The molecule has 2 heterocycles. The quantitative estimate of drug-likeness (QED) is 0.824. The van der Waals surface area contributed by atoms with Crippen molar-refractivity contribution in [3.05, 3.63) is 18.3 Å². The van der Waals surface area contributed by atoms with E-state index < -0.39 is 10.0 Å². The van der Waals surface area contributed by atoms with E-state index in [0.717, 1.165) is 0 Å². The molecule has 5 nitrogen and oxygen atoms in total. The Morgan fingerprint density at radius 3 is 2.71 bits per heavy atom. The number of thiol groups is 1. The third-order valence-corrected chi connectivity index (χ3v) is 4.53. The van der Waals surface area contributed by atoms with Gasteiger partial charge in [-0.25, -0.2) is 13.4 Å². The number of nitrogens with zero attached hydrogens (tertiary/aromatic N) is 2. The molecular formula is C10H14N2O3S2. The fourth-order valence-electron chi connectivity index (χ4n) is 1.52. The summed E-state index contributed by atoms with van der Waals surface area (Å²) >= 11 is 4.19. The standard InChI is InChI=1S/C10H14N2O3S2/c1-2-15-8-3-4-10(11-5-8)17(13,14)12-6-9(16)7-12/h3-5,9,16H,2,6-7H2,1H3. The van der Waals surface area contributed by atoms with E-state index in [9.17, 15) is 8.42 Å². The molecule has 2 rings (SSSR count). The van der Waals surface area contributed by atoms with Gasteiger partial charge in [-0.15, -0.1) is 0 Å². The Labute approximate surface area is 106 Å². The van der Waals surface area contributed by atoms with Gasteiger partial charge >= 0.3 is 0 Å². The van der Waals surface area contributed by atoms with Crippen LogP contribution in [-0.4, -0.2) is 42.7 Å². The molecule has 0 atom stereocenters. The molecule has 1 aliphatic rings. The molecule has 1 saturated heterocycles. The fourth-order valence-corrected chi connectivity index (χ4v) is 3.57. The maximum atomic E-state index is 12.0. The van der Waals surface area contributed by atoms with Crippen LogP contribution in [-0.2, 0) is 10.0 Å². The zero-order valence-corrected chi connectivity index (χ0v) is 11.1. The molecule has 0 amide bonds. The summed E-state index contributed by atoms with van der Waals surface area (Å²) in [5, 5.41) is 0.189. The number of ether oxygens (including phenoxy) is 1. The Bertz CT molecular complexity index is 481. The van der Waals surface area contributed by atoms with Crippen molar-refractivity contribution in [3.8, 4) is 5.75 Å². The zero-order valence-electron chi connectivity index (χ0n) is 9.41. The molecule has 0 radical (unpaired) electrons. The second kappa shape index (κ2) is 4.83. The summed E-state index contributed by atoms with van der Waals surface area (Å²) in [6.07, 6.45) is 1.42. The first kappa shape index (κ1) is 12.7. The number of pyridine rings is 1. The smallest absolute Gasteiger partial charge is 0.260 e. The summed E-state index contributed by atoms with van der Waals surface area (Å²) in [5.41, 5.74) is 0. The largest absolute Gasteiger partial charge is 0.492 e. The highest BCUT2D eigenvalue weighted by molar-refractivity contribution is 7.89. The van der Waals surface area contributed by atoms with Crippen LogP contribution in [0.5, 0.6) is 5.75 Å². The Balaban J connectivity index is 2.16. The van der Waals surface area contributed by atoms with Crippen LogP contribution in [0.3, 0.4) is 0 Å². The summed E-state index contributed by atoms with van der Waals surface area (Å²) in [5.74, 6) is 0.571. The van der Waals surface area contributed by atoms with Crippen molar-refractivity contribution in [1.29, 1.82) is 0 Å². The normalized spacial score (nSPS) is 17.8. The minimum Gasteiger partial charge on any atom is -0.492 e. The van der Waals surface area contributed by atoms with E-state index in [0.29, 0.717) is 25.4 Å². The first-order valence-electron chi connectivity index (χ1n) is 5.31. The van der Waals surface area contributed by atoms with Gasteiger partial charge in [0.2, 0.25) is 0 Å². The van der Waals surface area contributed by atoms with Crippen molar-refractivity contribution in [2.75, 3.05) is 19.7 Å². The molecule has 94 valence electrons. The van der Waals surface area contributed by atoms with E-state index in [2.05, 4.69) is 17.6 Å².